The van der Waals surface area contributed by atoms with Gasteiger partial charge >= 0.3 is 0 Å². The van der Waals surface area contributed by atoms with E-state index < -0.39 is 11.7 Å². The molecule has 1 aliphatic heterocycles. The molecule has 1 aliphatic rings. The Kier molecular flexibility index (Phi) is 5.68. The molecule has 1 heterocycles. The van der Waals surface area contributed by atoms with E-state index in [-0.39, 0.29) is 17.5 Å². The molecule has 0 spiro atoms. The van der Waals surface area contributed by atoms with E-state index in [1.807, 2.05) is 23.1 Å². The number of amides is 2. The molecular weight excluding hydrogens is 401 g/mol. The van der Waals surface area contributed by atoms with Crippen LogP contribution < -0.4 is 11.1 Å². The Labute approximate surface area is 159 Å². The molecule has 26 heavy (non-hydrogen) atoms. The van der Waals surface area contributed by atoms with E-state index in [0.717, 1.165) is 24.9 Å². The zero-order valence-corrected chi connectivity index (χ0v) is 15.6. The normalized spacial score (nSPS) is 17.2. The highest BCUT2D eigenvalue weighted by Crippen LogP contribution is 2.24. The molecule has 0 aromatic heterocycles. The SMILES string of the molecule is NC(=O)C1CCCN1Cc1ccccc1NC(=O)c1cc(F)cc(Br)c1. The smallest absolute Gasteiger partial charge is 0.255 e. The van der Waals surface area contributed by atoms with Gasteiger partial charge in [0.25, 0.3) is 5.91 Å². The number of halogens is 2. The molecular formula is C19H19BrFN3O2. The van der Waals surface area contributed by atoms with Crippen LogP contribution in [-0.4, -0.2) is 29.3 Å². The van der Waals surface area contributed by atoms with E-state index in [2.05, 4.69) is 21.2 Å². The zero-order chi connectivity index (χ0) is 18.7. The van der Waals surface area contributed by atoms with Crippen LogP contribution in [0.25, 0.3) is 0 Å². The summed E-state index contributed by atoms with van der Waals surface area (Å²) in [6.07, 6.45) is 1.67. The summed E-state index contributed by atoms with van der Waals surface area (Å²) in [5, 5.41) is 2.83. The van der Waals surface area contributed by atoms with Crippen molar-refractivity contribution in [2.75, 3.05) is 11.9 Å². The fourth-order valence-corrected chi connectivity index (χ4v) is 3.68. The predicted octanol–water partition coefficient (Wildman–Crippen LogP) is 3.29. The summed E-state index contributed by atoms with van der Waals surface area (Å²) in [5.41, 5.74) is 7.21. The van der Waals surface area contributed by atoms with Crippen molar-refractivity contribution < 1.29 is 14.0 Å². The summed E-state index contributed by atoms with van der Waals surface area (Å²) in [6, 6.07) is 11.1. The Morgan fingerprint density at radius 1 is 1.27 bits per heavy atom. The van der Waals surface area contributed by atoms with E-state index in [1.165, 1.54) is 12.1 Å². The highest BCUT2D eigenvalue weighted by atomic mass is 79.9. The van der Waals surface area contributed by atoms with Crippen molar-refractivity contribution in [1.82, 2.24) is 4.90 Å². The number of nitrogens with one attached hydrogen (secondary N) is 1. The number of benzene rings is 2. The second kappa shape index (κ2) is 7.97. The van der Waals surface area contributed by atoms with Gasteiger partial charge in [0.15, 0.2) is 0 Å². The van der Waals surface area contributed by atoms with E-state index in [9.17, 15) is 14.0 Å². The fourth-order valence-electron chi connectivity index (χ4n) is 3.22. The second-order valence-electron chi connectivity index (χ2n) is 6.30. The molecule has 3 N–H and O–H groups in total. The van der Waals surface area contributed by atoms with Gasteiger partial charge < -0.3 is 11.1 Å². The standard InChI is InChI=1S/C19H19BrFN3O2/c20-14-8-13(9-15(21)10-14)19(26)23-16-5-2-1-4-12(16)11-24-7-3-6-17(24)18(22)25/h1-2,4-5,8-10,17H,3,6-7,11H2,(H2,22,25)(H,23,26). The van der Waals surface area contributed by atoms with E-state index in [1.54, 1.807) is 12.1 Å². The molecule has 7 heteroatoms. The number of nitrogens with zero attached hydrogens (tertiary/aromatic N) is 1. The first-order valence-corrected chi connectivity index (χ1v) is 9.12. The molecule has 0 bridgehead atoms. The molecule has 0 aliphatic carbocycles. The molecule has 1 saturated heterocycles. The number of para-hydroxylation sites is 1. The summed E-state index contributed by atoms with van der Waals surface area (Å²) < 4.78 is 14.0. The number of nitrogens with two attached hydrogens (primary N) is 1. The van der Waals surface area contributed by atoms with E-state index >= 15 is 0 Å². The lowest BCUT2D eigenvalue weighted by Crippen LogP contribution is -2.39. The molecule has 2 aromatic carbocycles. The van der Waals surface area contributed by atoms with Gasteiger partial charge in [0, 0.05) is 22.3 Å². The first-order valence-electron chi connectivity index (χ1n) is 8.33. The van der Waals surface area contributed by atoms with Crippen LogP contribution in [-0.2, 0) is 11.3 Å². The lowest BCUT2D eigenvalue weighted by molar-refractivity contribution is -0.122. The lowest BCUT2D eigenvalue weighted by Gasteiger charge is -2.23. The van der Waals surface area contributed by atoms with Crippen molar-refractivity contribution in [2.45, 2.75) is 25.4 Å². The van der Waals surface area contributed by atoms with Crippen molar-refractivity contribution in [2.24, 2.45) is 5.73 Å². The van der Waals surface area contributed by atoms with Crippen molar-refractivity contribution in [3.8, 4) is 0 Å². The number of hydrogen-bond acceptors (Lipinski definition) is 3. The number of likely N-dealkylation sites (tertiary alicyclic amines) is 1. The first kappa shape index (κ1) is 18.5. The Balaban J connectivity index is 1.79. The number of primary amides is 1. The third kappa shape index (κ3) is 4.28. The molecule has 3 rings (SSSR count). The topological polar surface area (TPSA) is 75.4 Å². The van der Waals surface area contributed by atoms with Gasteiger partial charge in [0.2, 0.25) is 5.91 Å². The summed E-state index contributed by atoms with van der Waals surface area (Å²) in [5.74, 6) is -1.21. The average molecular weight is 420 g/mol. The minimum atomic E-state index is -0.487. The van der Waals surface area contributed by atoms with Crippen LogP contribution in [0.3, 0.4) is 0 Å². The van der Waals surface area contributed by atoms with E-state index in [4.69, 9.17) is 5.73 Å². The van der Waals surface area contributed by atoms with Gasteiger partial charge in [-0.2, -0.15) is 0 Å². The van der Waals surface area contributed by atoms with Gasteiger partial charge in [-0.05, 0) is 49.2 Å². The molecule has 1 fully saturated rings. The highest BCUT2D eigenvalue weighted by molar-refractivity contribution is 9.10. The van der Waals surface area contributed by atoms with Gasteiger partial charge in [-0.3, -0.25) is 14.5 Å². The number of rotatable bonds is 5. The third-order valence-corrected chi connectivity index (χ3v) is 4.91. The Bertz CT molecular complexity index is 823. The average Bonchev–Trinajstić information content (AvgIpc) is 3.04. The van der Waals surface area contributed by atoms with Crippen molar-refractivity contribution >= 4 is 33.4 Å². The van der Waals surface area contributed by atoms with Crippen LogP contribution in [0.4, 0.5) is 10.1 Å². The van der Waals surface area contributed by atoms with Crippen molar-refractivity contribution in [3.63, 3.8) is 0 Å². The largest absolute Gasteiger partial charge is 0.368 e. The molecule has 0 saturated carbocycles. The maximum absolute atomic E-state index is 13.5. The van der Waals surface area contributed by atoms with Crippen LogP contribution in [0, 0.1) is 5.82 Å². The van der Waals surface area contributed by atoms with Gasteiger partial charge in [0.05, 0.1) is 6.04 Å². The van der Waals surface area contributed by atoms with E-state index in [0.29, 0.717) is 16.7 Å². The highest BCUT2D eigenvalue weighted by Gasteiger charge is 2.29. The second-order valence-corrected chi connectivity index (χ2v) is 7.22. The molecule has 1 unspecified atom stereocenters. The van der Waals surface area contributed by atoms with Gasteiger partial charge in [-0.1, -0.05) is 34.1 Å². The van der Waals surface area contributed by atoms with Crippen LogP contribution in [0.2, 0.25) is 0 Å². The van der Waals surface area contributed by atoms with Crippen molar-refractivity contribution in [3.05, 3.63) is 63.9 Å². The quantitative estimate of drug-likeness (QED) is 0.780. The molecule has 2 amide bonds. The van der Waals surface area contributed by atoms with Gasteiger partial charge in [-0.25, -0.2) is 4.39 Å². The number of hydrogen-bond donors (Lipinski definition) is 2. The maximum Gasteiger partial charge on any atom is 0.255 e. The summed E-state index contributed by atoms with van der Waals surface area (Å²) in [4.78, 5) is 26.1. The first-order chi connectivity index (χ1) is 12.4. The van der Waals surface area contributed by atoms with Gasteiger partial charge in [0.1, 0.15) is 5.82 Å². The third-order valence-electron chi connectivity index (χ3n) is 4.46. The van der Waals surface area contributed by atoms with Crippen LogP contribution in [0.15, 0.2) is 46.9 Å². The zero-order valence-electron chi connectivity index (χ0n) is 14.0. The predicted molar refractivity (Wildman–Crippen MR) is 101 cm³/mol. The van der Waals surface area contributed by atoms with Gasteiger partial charge in [-0.15, -0.1) is 0 Å². The molecule has 1 atom stereocenters. The minimum absolute atomic E-state index is 0.225. The van der Waals surface area contributed by atoms with Crippen LogP contribution >= 0.6 is 15.9 Å². The fraction of sp³-hybridized carbons (Fsp3) is 0.263. The maximum atomic E-state index is 13.5. The van der Waals surface area contributed by atoms with Crippen LogP contribution in [0.5, 0.6) is 0 Å². The Hall–Kier alpha value is -2.25. The molecule has 136 valence electrons. The van der Waals surface area contributed by atoms with Crippen LogP contribution in [0.1, 0.15) is 28.8 Å². The minimum Gasteiger partial charge on any atom is -0.368 e. The molecule has 0 radical (unpaired) electrons. The van der Waals surface area contributed by atoms with Crippen molar-refractivity contribution in [1.29, 1.82) is 0 Å². The summed E-state index contributed by atoms with van der Waals surface area (Å²) >= 11 is 3.19. The lowest BCUT2D eigenvalue weighted by atomic mass is 10.1. The number of carbonyl (C=O) groups excluding carboxylic acids is 2. The molecule has 2 aromatic rings. The number of carbonyl (C=O) groups is 2. The summed E-state index contributed by atoms with van der Waals surface area (Å²) in [7, 11) is 0. The number of anilines is 1. The monoisotopic (exact) mass is 419 g/mol. The summed E-state index contributed by atoms with van der Waals surface area (Å²) in [6.45, 7) is 1.30. The molecule has 5 nitrogen and oxygen atoms in total. The Morgan fingerprint density at radius 3 is 2.77 bits per heavy atom. The Morgan fingerprint density at radius 2 is 2.04 bits per heavy atom.